The molecule has 1 aromatic heterocycles. The molecule has 2 unspecified atom stereocenters. The molecule has 6 aromatic rings. The summed E-state index contributed by atoms with van der Waals surface area (Å²) in [5, 5.41) is 1.28. The Morgan fingerprint density at radius 2 is 1.29 bits per heavy atom. The van der Waals surface area contributed by atoms with Crippen molar-refractivity contribution in [3.63, 3.8) is 0 Å². The van der Waals surface area contributed by atoms with Crippen LogP contribution in [0.5, 0.6) is 0 Å². The highest BCUT2D eigenvalue weighted by atomic mass is 16.3. The van der Waals surface area contributed by atoms with Crippen molar-refractivity contribution in [1.82, 2.24) is 0 Å². The molecule has 0 amide bonds. The summed E-state index contributed by atoms with van der Waals surface area (Å²) in [6.07, 6.45) is 13.5. The smallest absolute Gasteiger partial charge is 0.135 e. The Bertz CT molecular complexity index is 1920. The summed E-state index contributed by atoms with van der Waals surface area (Å²) in [4.78, 5) is 2.53. The minimum absolute atomic E-state index is 0.178. The molecule has 2 heteroatoms. The van der Waals surface area contributed by atoms with Crippen molar-refractivity contribution in [1.29, 1.82) is 0 Å². The van der Waals surface area contributed by atoms with Crippen LogP contribution in [0.15, 0.2) is 150 Å². The number of fused-ring (bicyclic) bond motifs is 3. The standard InChI is InChI=1S/C43H37NO/c1-43(28-26-35(27-29-43)36-20-25-42-40(30-36)39-14-8-9-15-41(39)45-42)44(37-21-16-33(17-22-37)31-10-4-2-5-11-31)38-23-18-34(19-24-38)32-12-6-3-7-13-32/h2-7,9-13,15-26,28,30,35H,8,14,27,29H2,1H3. The van der Waals surface area contributed by atoms with E-state index in [0.717, 1.165) is 37.0 Å². The molecule has 5 aromatic carbocycles. The normalized spacial score (nSPS) is 19.0. The van der Waals surface area contributed by atoms with Crippen molar-refractivity contribution in [2.45, 2.75) is 44.1 Å². The second-order valence-electron chi connectivity index (χ2n) is 12.7. The molecule has 0 bridgehead atoms. The van der Waals surface area contributed by atoms with Crippen LogP contribution in [0.2, 0.25) is 0 Å². The SMILES string of the molecule is CC1(N(c2ccc(-c3ccccc3)cc2)c2ccc(-c3ccccc3)cc2)C=CC(c2ccc3oc4c(c3c2)CCC=C4)CC1. The second-order valence-corrected chi connectivity index (χ2v) is 12.7. The van der Waals surface area contributed by atoms with Gasteiger partial charge in [-0.05, 0) is 103 Å². The largest absolute Gasteiger partial charge is 0.456 e. The maximum atomic E-state index is 6.16. The van der Waals surface area contributed by atoms with Gasteiger partial charge < -0.3 is 9.32 Å². The van der Waals surface area contributed by atoms with Gasteiger partial charge in [0, 0.05) is 28.2 Å². The van der Waals surface area contributed by atoms with E-state index < -0.39 is 0 Å². The quantitative estimate of drug-likeness (QED) is 0.181. The summed E-state index contributed by atoms with van der Waals surface area (Å²) in [6, 6.07) is 46.2. The third-order valence-corrected chi connectivity index (χ3v) is 9.73. The third-order valence-electron chi connectivity index (χ3n) is 9.73. The predicted octanol–water partition coefficient (Wildman–Crippen LogP) is 11.8. The molecule has 8 rings (SSSR count). The lowest BCUT2D eigenvalue weighted by Gasteiger charge is -2.44. The van der Waals surface area contributed by atoms with Crippen LogP contribution < -0.4 is 4.90 Å². The molecule has 0 radical (unpaired) electrons. The number of hydrogen-bond acceptors (Lipinski definition) is 2. The first-order chi connectivity index (χ1) is 22.1. The van der Waals surface area contributed by atoms with Gasteiger partial charge in [0.05, 0.1) is 5.54 Å². The van der Waals surface area contributed by atoms with Crippen molar-refractivity contribution in [2.75, 3.05) is 4.90 Å². The van der Waals surface area contributed by atoms with E-state index in [-0.39, 0.29) is 5.54 Å². The molecule has 0 N–H and O–H groups in total. The molecule has 1 heterocycles. The third kappa shape index (κ3) is 5.21. The van der Waals surface area contributed by atoms with Gasteiger partial charge in [0.1, 0.15) is 11.3 Å². The first-order valence-electron chi connectivity index (χ1n) is 16.2. The number of hydrogen-bond donors (Lipinski definition) is 0. The molecule has 0 fully saturated rings. The average molecular weight is 584 g/mol. The lowest BCUT2D eigenvalue weighted by molar-refractivity contribution is 0.460. The van der Waals surface area contributed by atoms with Gasteiger partial charge in [-0.3, -0.25) is 0 Å². The highest BCUT2D eigenvalue weighted by Crippen LogP contribution is 2.44. The van der Waals surface area contributed by atoms with Crippen molar-refractivity contribution in [3.05, 3.63) is 163 Å². The van der Waals surface area contributed by atoms with Crippen molar-refractivity contribution in [2.24, 2.45) is 0 Å². The van der Waals surface area contributed by atoms with Crippen LogP contribution in [0.3, 0.4) is 0 Å². The van der Waals surface area contributed by atoms with Gasteiger partial charge in [0.15, 0.2) is 0 Å². The number of anilines is 2. The number of furan rings is 1. The van der Waals surface area contributed by atoms with E-state index in [1.165, 1.54) is 50.1 Å². The van der Waals surface area contributed by atoms with Gasteiger partial charge in [0.2, 0.25) is 0 Å². The Labute approximate surface area is 266 Å². The van der Waals surface area contributed by atoms with Gasteiger partial charge in [-0.15, -0.1) is 0 Å². The molecule has 0 saturated heterocycles. The number of benzene rings is 5. The fourth-order valence-corrected chi connectivity index (χ4v) is 7.25. The molecule has 2 nitrogen and oxygen atoms in total. The zero-order chi connectivity index (χ0) is 30.2. The average Bonchev–Trinajstić information content (AvgIpc) is 3.48. The van der Waals surface area contributed by atoms with Crippen molar-refractivity contribution < 1.29 is 4.42 Å². The fraction of sp³-hybridized carbons (Fsp3) is 0.163. The molecule has 220 valence electrons. The van der Waals surface area contributed by atoms with Gasteiger partial charge in [0.25, 0.3) is 0 Å². The van der Waals surface area contributed by atoms with Crippen LogP contribution in [0.25, 0.3) is 39.3 Å². The fourth-order valence-electron chi connectivity index (χ4n) is 7.25. The summed E-state index contributed by atoms with van der Waals surface area (Å²) in [5.74, 6) is 1.42. The highest BCUT2D eigenvalue weighted by molar-refractivity contribution is 5.86. The molecule has 0 spiro atoms. The first kappa shape index (κ1) is 27.5. The maximum Gasteiger partial charge on any atom is 0.135 e. The van der Waals surface area contributed by atoms with Crippen LogP contribution >= 0.6 is 0 Å². The highest BCUT2D eigenvalue weighted by Gasteiger charge is 2.35. The van der Waals surface area contributed by atoms with E-state index in [1.807, 2.05) is 0 Å². The molecule has 0 saturated carbocycles. The molecular formula is C43H37NO. The summed E-state index contributed by atoms with van der Waals surface area (Å²) < 4.78 is 6.16. The van der Waals surface area contributed by atoms with Gasteiger partial charge in [-0.2, -0.15) is 0 Å². The maximum absolute atomic E-state index is 6.16. The molecular weight excluding hydrogens is 546 g/mol. The van der Waals surface area contributed by atoms with Crippen molar-refractivity contribution >= 4 is 28.4 Å². The van der Waals surface area contributed by atoms with E-state index in [0.29, 0.717) is 5.92 Å². The minimum atomic E-state index is -0.178. The van der Waals surface area contributed by atoms with E-state index in [4.69, 9.17) is 4.42 Å². The zero-order valence-electron chi connectivity index (χ0n) is 25.7. The van der Waals surface area contributed by atoms with Crippen LogP contribution in [0.1, 0.15) is 49.0 Å². The number of rotatable bonds is 6. The number of aryl methyl sites for hydroxylation is 1. The Hall–Kier alpha value is -5.08. The Balaban J connectivity index is 1.14. The van der Waals surface area contributed by atoms with Crippen LogP contribution in [0, 0.1) is 0 Å². The summed E-state index contributed by atoms with van der Waals surface area (Å²) >= 11 is 0. The Morgan fingerprint density at radius 1 is 0.689 bits per heavy atom. The van der Waals surface area contributed by atoms with Gasteiger partial charge in [-0.25, -0.2) is 0 Å². The minimum Gasteiger partial charge on any atom is -0.456 e. The molecule has 45 heavy (non-hydrogen) atoms. The zero-order valence-corrected chi connectivity index (χ0v) is 25.7. The first-order valence-corrected chi connectivity index (χ1v) is 16.2. The molecule has 0 aliphatic heterocycles. The Kier molecular flexibility index (Phi) is 6.99. The van der Waals surface area contributed by atoms with Gasteiger partial charge in [-0.1, -0.05) is 109 Å². The predicted molar refractivity (Wildman–Crippen MR) is 189 cm³/mol. The number of allylic oxidation sites excluding steroid dienone is 2. The van der Waals surface area contributed by atoms with Crippen LogP contribution in [-0.2, 0) is 6.42 Å². The lowest BCUT2D eigenvalue weighted by Crippen LogP contribution is -2.43. The topological polar surface area (TPSA) is 16.4 Å². The van der Waals surface area contributed by atoms with Crippen LogP contribution in [0.4, 0.5) is 11.4 Å². The van der Waals surface area contributed by atoms with Crippen LogP contribution in [-0.4, -0.2) is 5.54 Å². The van der Waals surface area contributed by atoms with E-state index in [9.17, 15) is 0 Å². The lowest BCUT2D eigenvalue weighted by atomic mass is 9.79. The molecule has 2 aliphatic rings. The molecule has 2 atom stereocenters. The molecule has 2 aliphatic carbocycles. The van der Waals surface area contributed by atoms with E-state index >= 15 is 0 Å². The summed E-state index contributed by atoms with van der Waals surface area (Å²) in [5.41, 5.74) is 10.9. The summed E-state index contributed by atoms with van der Waals surface area (Å²) in [6.45, 7) is 2.39. The number of nitrogens with zero attached hydrogens (tertiary/aromatic N) is 1. The van der Waals surface area contributed by atoms with Gasteiger partial charge >= 0.3 is 0 Å². The van der Waals surface area contributed by atoms with E-state index in [2.05, 4.69) is 164 Å². The second kappa shape index (κ2) is 11.4. The summed E-state index contributed by atoms with van der Waals surface area (Å²) in [7, 11) is 0. The van der Waals surface area contributed by atoms with Crippen molar-refractivity contribution in [3.8, 4) is 22.3 Å². The monoisotopic (exact) mass is 583 g/mol. The Morgan fingerprint density at radius 3 is 1.87 bits per heavy atom. The van der Waals surface area contributed by atoms with E-state index in [1.54, 1.807) is 0 Å².